The van der Waals surface area contributed by atoms with Crippen molar-refractivity contribution in [3.63, 3.8) is 0 Å². The van der Waals surface area contributed by atoms with Gasteiger partial charge in [-0.1, -0.05) is 60.7 Å². The van der Waals surface area contributed by atoms with Crippen molar-refractivity contribution in [1.29, 1.82) is 0 Å². The minimum absolute atomic E-state index is 0.0800. The summed E-state index contributed by atoms with van der Waals surface area (Å²) in [6, 6.07) is 23.3. The van der Waals surface area contributed by atoms with Gasteiger partial charge in [-0.15, -0.1) is 0 Å². The normalized spacial score (nSPS) is 11.4. The lowest BCUT2D eigenvalue weighted by Gasteiger charge is -2.17. The van der Waals surface area contributed by atoms with E-state index in [2.05, 4.69) is 39.6 Å². The molecule has 0 aliphatic heterocycles. The summed E-state index contributed by atoms with van der Waals surface area (Å²) in [4.78, 5) is 18.9. The maximum atomic E-state index is 11.1. The standard InChI is InChI=1S/C21H21N5O2/c22-21(25-20-19(26(27)28)12-7-14-23-20)24-15-13-18(16-8-3-1-4-9-16)17-10-5-2-6-11-17/h1-12,14,18H,13,15H2,(H3,22,23,24,25). The van der Waals surface area contributed by atoms with Gasteiger partial charge < -0.3 is 11.1 Å². The minimum atomic E-state index is -0.510. The molecule has 1 heterocycles. The van der Waals surface area contributed by atoms with E-state index in [1.54, 1.807) is 0 Å². The molecular formula is C21H21N5O2. The Kier molecular flexibility index (Phi) is 6.30. The molecule has 3 rings (SSSR count). The van der Waals surface area contributed by atoms with Gasteiger partial charge in [-0.25, -0.2) is 4.98 Å². The fraction of sp³-hybridized carbons (Fsp3) is 0.143. The number of benzene rings is 2. The Balaban J connectivity index is 1.71. The van der Waals surface area contributed by atoms with Crippen LogP contribution in [0.25, 0.3) is 0 Å². The van der Waals surface area contributed by atoms with E-state index < -0.39 is 4.92 Å². The van der Waals surface area contributed by atoms with E-state index in [0.29, 0.717) is 6.54 Å². The maximum absolute atomic E-state index is 11.1. The SMILES string of the molecule is NC(=NCCC(c1ccccc1)c1ccccc1)Nc1ncccc1[N+](=O)[O-]. The van der Waals surface area contributed by atoms with Crippen LogP contribution >= 0.6 is 0 Å². The molecule has 0 atom stereocenters. The smallest absolute Gasteiger partial charge is 0.311 e. The van der Waals surface area contributed by atoms with Gasteiger partial charge >= 0.3 is 5.69 Å². The Labute approximate surface area is 163 Å². The van der Waals surface area contributed by atoms with Gasteiger partial charge in [0.1, 0.15) is 0 Å². The zero-order chi connectivity index (χ0) is 19.8. The molecule has 3 N–H and O–H groups in total. The van der Waals surface area contributed by atoms with E-state index in [0.717, 1.165) is 6.42 Å². The van der Waals surface area contributed by atoms with Crippen molar-refractivity contribution in [1.82, 2.24) is 4.98 Å². The highest BCUT2D eigenvalue weighted by Crippen LogP contribution is 2.27. The molecule has 0 aliphatic rings. The number of hydrogen-bond acceptors (Lipinski definition) is 4. The van der Waals surface area contributed by atoms with Crippen LogP contribution in [0.1, 0.15) is 23.5 Å². The molecule has 0 radical (unpaired) electrons. The van der Waals surface area contributed by atoms with Crippen LogP contribution in [0.15, 0.2) is 84.0 Å². The van der Waals surface area contributed by atoms with Crippen molar-refractivity contribution >= 4 is 17.5 Å². The van der Waals surface area contributed by atoms with E-state index in [1.165, 1.54) is 29.5 Å². The number of anilines is 1. The number of nitrogens with zero attached hydrogens (tertiary/aromatic N) is 3. The highest BCUT2D eigenvalue weighted by Gasteiger charge is 2.15. The van der Waals surface area contributed by atoms with Crippen molar-refractivity contribution in [2.24, 2.45) is 10.7 Å². The molecule has 3 aromatic rings. The van der Waals surface area contributed by atoms with Crippen LogP contribution in [0.3, 0.4) is 0 Å². The topological polar surface area (TPSA) is 106 Å². The third kappa shape index (κ3) is 4.91. The molecule has 142 valence electrons. The van der Waals surface area contributed by atoms with Gasteiger partial charge in [-0.2, -0.15) is 0 Å². The van der Waals surface area contributed by atoms with Crippen LogP contribution in [0.4, 0.5) is 11.5 Å². The molecule has 28 heavy (non-hydrogen) atoms. The summed E-state index contributed by atoms with van der Waals surface area (Å²) in [7, 11) is 0. The molecule has 2 aromatic carbocycles. The Morgan fingerprint density at radius 1 is 1.04 bits per heavy atom. The predicted molar refractivity (Wildman–Crippen MR) is 110 cm³/mol. The summed E-state index contributed by atoms with van der Waals surface area (Å²) >= 11 is 0. The van der Waals surface area contributed by atoms with Crippen molar-refractivity contribution in [3.05, 3.63) is 100 Å². The summed E-state index contributed by atoms with van der Waals surface area (Å²) in [6.07, 6.45) is 2.21. The van der Waals surface area contributed by atoms with Crippen molar-refractivity contribution in [2.45, 2.75) is 12.3 Å². The van der Waals surface area contributed by atoms with Gasteiger partial charge in [0.15, 0.2) is 5.96 Å². The molecule has 0 fully saturated rings. The molecule has 7 heteroatoms. The first-order chi connectivity index (χ1) is 13.6. The van der Waals surface area contributed by atoms with Crippen LogP contribution in [0.2, 0.25) is 0 Å². The fourth-order valence-corrected chi connectivity index (χ4v) is 3.01. The maximum Gasteiger partial charge on any atom is 0.311 e. The molecule has 0 bridgehead atoms. The number of nitro groups is 1. The molecule has 0 amide bonds. The lowest BCUT2D eigenvalue weighted by Crippen LogP contribution is -2.24. The monoisotopic (exact) mass is 375 g/mol. The highest BCUT2D eigenvalue weighted by atomic mass is 16.6. The summed E-state index contributed by atoms with van der Waals surface area (Å²) in [5, 5.41) is 13.8. The molecule has 0 saturated carbocycles. The molecular weight excluding hydrogens is 354 g/mol. The summed E-state index contributed by atoms with van der Waals surface area (Å²) in [5.74, 6) is 0.362. The Hall–Kier alpha value is -3.74. The van der Waals surface area contributed by atoms with Gasteiger partial charge in [0.2, 0.25) is 5.82 Å². The van der Waals surface area contributed by atoms with Gasteiger partial charge in [0, 0.05) is 24.7 Å². The second-order valence-corrected chi connectivity index (χ2v) is 6.18. The Morgan fingerprint density at radius 2 is 1.64 bits per heavy atom. The number of aromatic nitrogens is 1. The predicted octanol–water partition coefficient (Wildman–Crippen LogP) is 3.94. The Bertz CT molecular complexity index is 906. The summed E-state index contributed by atoms with van der Waals surface area (Å²) < 4.78 is 0. The van der Waals surface area contributed by atoms with E-state index in [-0.39, 0.29) is 23.4 Å². The first-order valence-electron chi connectivity index (χ1n) is 8.91. The number of rotatable bonds is 7. The molecule has 1 aromatic heterocycles. The number of nitrogens with two attached hydrogens (primary N) is 1. The van der Waals surface area contributed by atoms with Crippen molar-refractivity contribution in [2.75, 3.05) is 11.9 Å². The number of hydrogen-bond donors (Lipinski definition) is 2. The zero-order valence-corrected chi connectivity index (χ0v) is 15.2. The number of guanidine groups is 1. The van der Waals surface area contributed by atoms with Crippen LogP contribution in [-0.4, -0.2) is 22.4 Å². The van der Waals surface area contributed by atoms with Crippen LogP contribution in [0, 0.1) is 10.1 Å². The van der Waals surface area contributed by atoms with Gasteiger partial charge in [-0.05, 0) is 23.6 Å². The second-order valence-electron chi connectivity index (χ2n) is 6.18. The molecule has 0 saturated heterocycles. The summed E-state index contributed by atoms with van der Waals surface area (Å²) in [6.45, 7) is 0.466. The highest BCUT2D eigenvalue weighted by molar-refractivity contribution is 5.93. The van der Waals surface area contributed by atoms with E-state index in [1.807, 2.05) is 36.4 Å². The van der Waals surface area contributed by atoms with Gasteiger partial charge in [-0.3, -0.25) is 15.1 Å². The summed E-state index contributed by atoms with van der Waals surface area (Å²) in [5.41, 5.74) is 8.18. The van der Waals surface area contributed by atoms with E-state index in [9.17, 15) is 10.1 Å². The lowest BCUT2D eigenvalue weighted by molar-refractivity contribution is -0.384. The van der Waals surface area contributed by atoms with Gasteiger partial charge in [0.05, 0.1) is 4.92 Å². The molecule has 0 unspecified atom stereocenters. The largest absolute Gasteiger partial charge is 0.370 e. The minimum Gasteiger partial charge on any atom is -0.370 e. The number of aliphatic imine (C=N–C) groups is 1. The quantitative estimate of drug-likeness (QED) is 0.281. The lowest BCUT2D eigenvalue weighted by atomic mass is 9.89. The van der Waals surface area contributed by atoms with E-state index >= 15 is 0 Å². The van der Waals surface area contributed by atoms with Crippen LogP contribution in [0.5, 0.6) is 0 Å². The number of pyridine rings is 1. The molecule has 7 nitrogen and oxygen atoms in total. The Morgan fingerprint density at radius 3 is 2.21 bits per heavy atom. The van der Waals surface area contributed by atoms with Crippen molar-refractivity contribution < 1.29 is 4.92 Å². The fourth-order valence-electron chi connectivity index (χ4n) is 3.01. The van der Waals surface area contributed by atoms with Gasteiger partial charge in [0.25, 0.3) is 0 Å². The number of nitrogens with one attached hydrogen (secondary N) is 1. The zero-order valence-electron chi connectivity index (χ0n) is 15.2. The third-order valence-electron chi connectivity index (χ3n) is 4.33. The first-order valence-corrected chi connectivity index (χ1v) is 8.91. The third-order valence-corrected chi connectivity index (χ3v) is 4.33. The van der Waals surface area contributed by atoms with Crippen molar-refractivity contribution in [3.8, 4) is 0 Å². The average molecular weight is 375 g/mol. The van der Waals surface area contributed by atoms with Crippen LogP contribution in [-0.2, 0) is 0 Å². The molecule has 0 spiro atoms. The average Bonchev–Trinajstić information content (AvgIpc) is 2.73. The second kappa shape index (κ2) is 9.27. The van der Waals surface area contributed by atoms with Crippen LogP contribution < -0.4 is 11.1 Å². The molecule has 0 aliphatic carbocycles. The first kappa shape index (κ1) is 19.0. The van der Waals surface area contributed by atoms with E-state index in [4.69, 9.17) is 5.73 Å².